The first-order valence-corrected chi connectivity index (χ1v) is 6.15. The number of nitrogens with zero attached hydrogens (tertiary/aromatic N) is 3. The molecule has 0 aliphatic rings. The summed E-state index contributed by atoms with van der Waals surface area (Å²) in [6.45, 7) is 4.20. The molecule has 0 bridgehead atoms. The molecule has 0 spiro atoms. The molecule has 0 aromatic carbocycles. The Bertz CT molecular complexity index is 602. The van der Waals surface area contributed by atoms with Gasteiger partial charge in [0.15, 0.2) is 11.5 Å². The van der Waals surface area contributed by atoms with E-state index in [1.807, 2.05) is 19.9 Å². The number of rotatable bonds is 3. The first kappa shape index (κ1) is 14.5. The molecule has 0 amide bonds. The van der Waals surface area contributed by atoms with Crippen molar-refractivity contribution in [1.29, 1.82) is 0 Å². The van der Waals surface area contributed by atoms with Gasteiger partial charge >= 0.3 is 6.18 Å². The summed E-state index contributed by atoms with van der Waals surface area (Å²) in [7, 11) is 0. The van der Waals surface area contributed by atoms with Gasteiger partial charge in [-0.25, -0.2) is 9.67 Å². The first-order chi connectivity index (χ1) is 9.31. The van der Waals surface area contributed by atoms with Crippen LogP contribution in [0.25, 0.3) is 5.82 Å². The SMILES string of the molecule is CC(C)c1cc(CN)cc(-n2ccc(C(F)(F)F)n2)n1. The molecule has 0 aliphatic heterocycles. The van der Waals surface area contributed by atoms with Crippen molar-refractivity contribution >= 4 is 0 Å². The summed E-state index contributed by atoms with van der Waals surface area (Å²) in [5.41, 5.74) is 6.24. The van der Waals surface area contributed by atoms with E-state index in [-0.39, 0.29) is 5.92 Å². The van der Waals surface area contributed by atoms with Crippen molar-refractivity contribution in [3.63, 3.8) is 0 Å². The van der Waals surface area contributed by atoms with Gasteiger partial charge in [0.25, 0.3) is 0 Å². The molecule has 20 heavy (non-hydrogen) atoms. The van der Waals surface area contributed by atoms with Crippen molar-refractivity contribution in [1.82, 2.24) is 14.8 Å². The molecule has 0 saturated heterocycles. The topological polar surface area (TPSA) is 56.7 Å². The molecule has 4 nitrogen and oxygen atoms in total. The third kappa shape index (κ3) is 2.98. The van der Waals surface area contributed by atoms with Crippen molar-refractivity contribution in [2.45, 2.75) is 32.5 Å². The van der Waals surface area contributed by atoms with Gasteiger partial charge < -0.3 is 5.73 Å². The van der Waals surface area contributed by atoms with Crippen molar-refractivity contribution in [2.75, 3.05) is 0 Å². The number of aromatic nitrogens is 3. The second kappa shape index (κ2) is 5.24. The average Bonchev–Trinajstić information content (AvgIpc) is 2.87. The van der Waals surface area contributed by atoms with Crippen LogP contribution in [-0.4, -0.2) is 14.8 Å². The Morgan fingerprint density at radius 1 is 1.30 bits per heavy atom. The van der Waals surface area contributed by atoms with Crippen molar-refractivity contribution in [3.8, 4) is 5.82 Å². The summed E-state index contributed by atoms with van der Waals surface area (Å²) >= 11 is 0. The number of alkyl halides is 3. The predicted molar refractivity (Wildman–Crippen MR) is 68.3 cm³/mol. The summed E-state index contributed by atoms with van der Waals surface area (Å²) in [6, 6.07) is 4.41. The molecule has 108 valence electrons. The van der Waals surface area contributed by atoms with E-state index < -0.39 is 11.9 Å². The lowest BCUT2D eigenvalue weighted by Crippen LogP contribution is -2.09. The van der Waals surface area contributed by atoms with E-state index >= 15 is 0 Å². The van der Waals surface area contributed by atoms with Crippen LogP contribution in [-0.2, 0) is 12.7 Å². The summed E-state index contributed by atoms with van der Waals surface area (Å²) in [5, 5.41) is 3.52. The van der Waals surface area contributed by atoms with Gasteiger partial charge in [0.2, 0.25) is 0 Å². The Kier molecular flexibility index (Phi) is 3.80. The van der Waals surface area contributed by atoms with Crippen molar-refractivity contribution in [2.24, 2.45) is 5.73 Å². The van der Waals surface area contributed by atoms with Crippen LogP contribution in [0.3, 0.4) is 0 Å². The molecule has 2 N–H and O–H groups in total. The van der Waals surface area contributed by atoms with E-state index in [0.29, 0.717) is 12.4 Å². The van der Waals surface area contributed by atoms with Gasteiger partial charge in [-0.2, -0.15) is 18.3 Å². The van der Waals surface area contributed by atoms with Gasteiger partial charge in [-0.3, -0.25) is 0 Å². The molecular weight excluding hydrogens is 269 g/mol. The maximum Gasteiger partial charge on any atom is 0.435 e. The lowest BCUT2D eigenvalue weighted by molar-refractivity contribution is -0.141. The molecule has 2 aromatic rings. The fraction of sp³-hybridized carbons (Fsp3) is 0.385. The van der Waals surface area contributed by atoms with Crippen LogP contribution in [0.4, 0.5) is 13.2 Å². The van der Waals surface area contributed by atoms with Gasteiger partial charge in [0.05, 0.1) is 0 Å². The molecular formula is C13H15F3N4. The van der Waals surface area contributed by atoms with Crippen LogP contribution in [0.1, 0.15) is 36.7 Å². The molecule has 0 fully saturated rings. The fourth-order valence-corrected chi connectivity index (χ4v) is 1.73. The molecule has 0 radical (unpaired) electrons. The molecule has 0 atom stereocenters. The Morgan fingerprint density at radius 2 is 2.00 bits per heavy atom. The Morgan fingerprint density at radius 3 is 2.50 bits per heavy atom. The highest BCUT2D eigenvalue weighted by atomic mass is 19.4. The van der Waals surface area contributed by atoms with Gasteiger partial charge in [0, 0.05) is 18.4 Å². The number of hydrogen-bond acceptors (Lipinski definition) is 3. The highest BCUT2D eigenvalue weighted by Gasteiger charge is 2.33. The van der Waals surface area contributed by atoms with E-state index in [9.17, 15) is 13.2 Å². The lowest BCUT2D eigenvalue weighted by atomic mass is 10.1. The minimum Gasteiger partial charge on any atom is -0.326 e. The van der Waals surface area contributed by atoms with Crippen LogP contribution in [0.2, 0.25) is 0 Å². The third-order valence-electron chi connectivity index (χ3n) is 2.83. The molecule has 2 heterocycles. The minimum absolute atomic E-state index is 0.151. The summed E-state index contributed by atoms with van der Waals surface area (Å²) < 4.78 is 38.8. The second-order valence-electron chi connectivity index (χ2n) is 4.76. The number of nitrogens with two attached hydrogens (primary N) is 1. The molecule has 2 aromatic heterocycles. The third-order valence-corrected chi connectivity index (χ3v) is 2.83. The van der Waals surface area contributed by atoms with Gasteiger partial charge in [0.1, 0.15) is 0 Å². The molecule has 0 saturated carbocycles. The quantitative estimate of drug-likeness (QED) is 0.943. The zero-order valence-electron chi connectivity index (χ0n) is 11.1. The maximum absolute atomic E-state index is 12.6. The minimum atomic E-state index is -4.46. The second-order valence-corrected chi connectivity index (χ2v) is 4.76. The smallest absolute Gasteiger partial charge is 0.326 e. The summed E-state index contributed by atoms with van der Waals surface area (Å²) in [6.07, 6.45) is -3.22. The van der Waals surface area contributed by atoms with E-state index in [1.54, 1.807) is 6.07 Å². The van der Waals surface area contributed by atoms with E-state index in [1.165, 1.54) is 6.20 Å². The Balaban J connectivity index is 2.46. The zero-order valence-corrected chi connectivity index (χ0v) is 11.1. The van der Waals surface area contributed by atoms with Crippen molar-refractivity contribution < 1.29 is 13.2 Å². The normalized spacial score (nSPS) is 12.2. The monoisotopic (exact) mass is 284 g/mol. The Hall–Kier alpha value is -1.89. The van der Waals surface area contributed by atoms with Crippen LogP contribution in [0.15, 0.2) is 24.4 Å². The summed E-state index contributed by atoms with van der Waals surface area (Å²) in [5.74, 6) is 0.491. The van der Waals surface area contributed by atoms with Crippen LogP contribution < -0.4 is 5.73 Å². The van der Waals surface area contributed by atoms with Gasteiger partial charge in [-0.1, -0.05) is 13.8 Å². The van der Waals surface area contributed by atoms with E-state index in [4.69, 9.17) is 5.73 Å². The van der Waals surface area contributed by atoms with Crippen LogP contribution in [0, 0.1) is 0 Å². The lowest BCUT2D eigenvalue weighted by Gasteiger charge is -2.10. The Labute approximate surface area is 114 Å². The summed E-state index contributed by atoms with van der Waals surface area (Å²) in [4.78, 5) is 4.32. The zero-order chi connectivity index (χ0) is 14.9. The maximum atomic E-state index is 12.6. The number of hydrogen-bond donors (Lipinski definition) is 1. The highest BCUT2D eigenvalue weighted by molar-refractivity contribution is 5.32. The molecule has 0 unspecified atom stereocenters. The standard InChI is InChI=1S/C13H15F3N4/c1-8(2)10-5-9(7-17)6-12(18-10)20-4-3-11(19-20)13(14,15)16/h3-6,8H,7,17H2,1-2H3. The number of halogens is 3. The molecule has 0 aliphatic carbocycles. The molecule has 2 rings (SSSR count). The van der Waals surface area contributed by atoms with Gasteiger partial charge in [-0.05, 0) is 29.7 Å². The predicted octanol–water partition coefficient (Wildman–Crippen LogP) is 2.87. The first-order valence-electron chi connectivity index (χ1n) is 6.15. The van der Waals surface area contributed by atoms with E-state index in [0.717, 1.165) is 22.0 Å². The van der Waals surface area contributed by atoms with Crippen LogP contribution in [0.5, 0.6) is 0 Å². The fourth-order valence-electron chi connectivity index (χ4n) is 1.73. The number of pyridine rings is 1. The van der Waals surface area contributed by atoms with E-state index in [2.05, 4.69) is 10.1 Å². The van der Waals surface area contributed by atoms with Crippen molar-refractivity contribution in [3.05, 3.63) is 41.3 Å². The van der Waals surface area contributed by atoms with Crippen LogP contribution >= 0.6 is 0 Å². The average molecular weight is 284 g/mol. The molecule has 7 heteroatoms. The largest absolute Gasteiger partial charge is 0.435 e. The highest BCUT2D eigenvalue weighted by Crippen LogP contribution is 2.28. The van der Waals surface area contributed by atoms with Gasteiger partial charge in [-0.15, -0.1) is 0 Å².